The monoisotopic (exact) mass is 627 g/mol. The Morgan fingerprint density at radius 3 is 1.45 bits per heavy atom. The highest BCUT2D eigenvalue weighted by Gasteiger charge is 2.18. The van der Waals surface area contributed by atoms with Gasteiger partial charge in [0.2, 0.25) is 0 Å². The van der Waals surface area contributed by atoms with Crippen LogP contribution in [0.25, 0.3) is 76.9 Å². The van der Waals surface area contributed by atoms with E-state index in [1.165, 1.54) is 10.8 Å². The summed E-state index contributed by atoms with van der Waals surface area (Å²) in [6.45, 7) is 0. The topological polar surface area (TPSA) is 29.5 Å². The van der Waals surface area contributed by atoms with Crippen LogP contribution in [0.4, 0.5) is 17.1 Å². The van der Waals surface area contributed by atoms with Gasteiger partial charge in [0.1, 0.15) is 22.3 Å². The molecule has 0 aliphatic rings. The molecule has 0 N–H and O–H groups in total. The van der Waals surface area contributed by atoms with Crippen LogP contribution >= 0.6 is 0 Å². The zero-order chi connectivity index (χ0) is 32.3. The van der Waals surface area contributed by atoms with Crippen LogP contribution in [0.2, 0.25) is 0 Å². The van der Waals surface area contributed by atoms with Crippen LogP contribution in [-0.2, 0) is 0 Å². The molecule has 0 saturated carbocycles. The molecule has 10 aromatic rings. The summed E-state index contributed by atoms with van der Waals surface area (Å²) in [4.78, 5) is 2.35. The number of nitrogens with zero attached hydrogens (tertiary/aromatic N) is 1. The second-order valence-corrected chi connectivity index (χ2v) is 12.6. The minimum Gasteiger partial charge on any atom is -0.456 e. The second-order valence-electron chi connectivity index (χ2n) is 12.6. The Morgan fingerprint density at radius 1 is 0.286 bits per heavy atom. The van der Waals surface area contributed by atoms with Gasteiger partial charge in [-0.1, -0.05) is 97.1 Å². The summed E-state index contributed by atoms with van der Waals surface area (Å²) >= 11 is 0. The van der Waals surface area contributed by atoms with Crippen LogP contribution < -0.4 is 4.90 Å². The third-order valence-corrected chi connectivity index (χ3v) is 9.61. The molecule has 49 heavy (non-hydrogen) atoms. The Labute approximate surface area is 282 Å². The van der Waals surface area contributed by atoms with Crippen LogP contribution in [0, 0.1) is 0 Å². The lowest BCUT2D eigenvalue weighted by Crippen LogP contribution is -2.10. The predicted octanol–water partition coefficient (Wildman–Crippen LogP) is 13.4. The number of benzene rings is 8. The summed E-state index contributed by atoms with van der Waals surface area (Å²) in [6, 6.07) is 62.2. The van der Waals surface area contributed by atoms with Gasteiger partial charge in [0.05, 0.1) is 0 Å². The van der Waals surface area contributed by atoms with Crippen LogP contribution in [0.3, 0.4) is 0 Å². The molecule has 0 aliphatic heterocycles. The molecule has 10 rings (SSSR count). The van der Waals surface area contributed by atoms with E-state index in [1.54, 1.807) is 0 Å². The Hall–Kier alpha value is -6.58. The molecule has 0 atom stereocenters. The molecule has 0 aliphatic carbocycles. The maximum atomic E-state index is 6.34. The average molecular weight is 628 g/mol. The van der Waals surface area contributed by atoms with E-state index in [0.29, 0.717) is 0 Å². The molecule has 0 saturated heterocycles. The van der Waals surface area contributed by atoms with Crippen LogP contribution in [0.5, 0.6) is 0 Å². The average Bonchev–Trinajstić information content (AvgIpc) is 3.73. The highest BCUT2D eigenvalue weighted by atomic mass is 16.3. The molecule has 0 amide bonds. The van der Waals surface area contributed by atoms with Gasteiger partial charge in [0, 0.05) is 38.6 Å². The largest absolute Gasteiger partial charge is 0.456 e. The van der Waals surface area contributed by atoms with E-state index in [1.807, 2.05) is 24.3 Å². The quantitative estimate of drug-likeness (QED) is 0.190. The number of hydrogen-bond acceptors (Lipinski definition) is 3. The van der Waals surface area contributed by atoms with Gasteiger partial charge in [0.15, 0.2) is 0 Å². The van der Waals surface area contributed by atoms with Crippen molar-refractivity contribution >= 4 is 71.7 Å². The van der Waals surface area contributed by atoms with Crippen molar-refractivity contribution in [3.8, 4) is 22.3 Å². The highest BCUT2D eigenvalue weighted by Crippen LogP contribution is 2.42. The first-order valence-corrected chi connectivity index (χ1v) is 16.6. The molecule has 2 aromatic heterocycles. The Balaban J connectivity index is 1.21. The fraction of sp³-hybridized carbons (Fsp3) is 0. The molecule has 0 spiro atoms. The molecular weight excluding hydrogens is 599 g/mol. The fourth-order valence-corrected chi connectivity index (χ4v) is 7.22. The Kier molecular flexibility index (Phi) is 6.18. The van der Waals surface area contributed by atoms with Crippen molar-refractivity contribution in [1.82, 2.24) is 0 Å². The van der Waals surface area contributed by atoms with E-state index in [0.717, 1.165) is 83.2 Å². The Morgan fingerprint density at radius 2 is 0.816 bits per heavy atom. The first kappa shape index (κ1) is 27.5. The van der Waals surface area contributed by atoms with Crippen LogP contribution in [-0.4, -0.2) is 0 Å². The van der Waals surface area contributed by atoms with Crippen molar-refractivity contribution in [3.05, 3.63) is 176 Å². The smallest absolute Gasteiger partial charge is 0.136 e. The molecule has 2 heterocycles. The zero-order valence-corrected chi connectivity index (χ0v) is 26.5. The zero-order valence-electron chi connectivity index (χ0n) is 26.5. The highest BCUT2D eigenvalue weighted by molar-refractivity contribution is 6.07. The van der Waals surface area contributed by atoms with Gasteiger partial charge in [-0.2, -0.15) is 0 Å². The maximum Gasteiger partial charge on any atom is 0.136 e. The SMILES string of the molecule is c1ccc(N(c2cc(-c3ccc4c(c3)oc3ccccc34)cc(-c3ccc4c(c3)oc3ccccc34)c2)c2ccc3ccccc3c2)cc1. The van der Waals surface area contributed by atoms with Gasteiger partial charge < -0.3 is 13.7 Å². The molecule has 0 unspecified atom stereocenters. The molecule has 8 aromatic carbocycles. The van der Waals surface area contributed by atoms with Crippen molar-refractivity contribution in [2.45, 2.75) is 0 Å². The van der Waals surface area contributed by atoms with E-state index in [9.17, 15) is 0 Å². The van der Waals surface area contributed by atoms with E-state index >= 15 is 0 Å². The number of para-hydroxylation sites is 3. The minimum absolute atomic E-state index is 0.879. The van der Waals surface area contributed by atoms with Crippen molar-refractivity contribution in [3.63, 3.8) is 0 Å². The van der Waals surface area contributed by atoms with Gasteiger partial charge in [-0.25, -0.2) is 0 Å². The summed E-state index contributed by atoms with van der Waals surface area (Å²) < 4.78 is 12.7. The fourth-order valence-electron chi connectivity index (χ4n) is 7.22. The summed E-state index contributed by atoms with van der Waals surface area (Å²) in [5.41, 5.74) is 11.2. The summed E-state index contributed by atoms with van der Waals surface area (Å²) in [6.07, 6.45) is 0. The summed E-state index contributed by atoms with van der Waals surface area (Å²) in [7, 11) is 0. The minimum atomic E-state index is 0.879. The number of rotatable bonds is 5. The van der Waals surface area contributed by atoms with E-state index in [2.05, 4.69) is 157 Å². The number of fused-ring (bicyclic) bond motifs is 7. The molecule has 0 radical (unpaired) electrons. The van der Waals surface area contributed by atoms with Gasteiger partial charge in [0.25, 0.3) is 0 Å². The Bertz CT molecular complexity index is 2710. The summed E-state index contributed by atoms with van der Waals surface area (Å²) in [5, 5.41) is 6.91. The lowest BCUT2D eigenvalue weighted by molar-refractivity contribution is 0.668. The molecule has 230 valence electrons. The number of hydrogen-bond donors (Lipinski definition) is 0. The maximum absolute atomic E-state index is 6.34. The second kappa shape index (κ2) is 11.0. The predicted molar refractivity (Wildman–Crippen MR) is 204 cm³/mol. The van der Waals surface area contributed by atoms with Gasteiger partial charge in [-0.3, -0.25) is 0 Å². The molecule has 0 fully saturated rings. The lowest BCUT2D eigenvalue weighted by Gasteiger charge is -2.27. The van der Waals surface area contributed by atoms with E-state index < -0.39 is 0 Å². The first-order chi connectivity index (χ1) is 24.2. The molecule has 3 nitrogen and oxygen atoms in total. The number of anilines is 3. The van der Waals surface area contributed by atoms with Crippen LogP contribution in [0.1, 0.15) is 0 Å². The van der Waals surface area contributed by atoms with Gasteiger partial charge in [-0.15, -0.1) is 0 Å². The third-order valence-electron chi connectivity index (χ3n) is 9.61. The third kappa shape index (κ3) is 4.67. The van der Waals surface area contributed by atoms with E-state index in [-0.39, 0.29) is 0 Å². The van der Waals surface area contributed by atoms with Crippen molar-refractivity contribution in [1.29, 1.82) is 0 Å². The molecular formula is C46H29NO2. The normalized spacial score (nSPS) is 11.7. The molecule has 0 bridgehead atoms. The summed E-state index contributed by atoms with van der Waals surface area (Å²) in [5.74, 6) is 0. The van der Waals surface area contributed by atoms with Crippen molar-refractivity contribution in [2.75, 3.05) is 4.90 Å². The van der Waals surface area contributed by atoms with Crippen molar-refractivity contribution < 1.29 is 8.83 Å². The van der Waals surface area contributed by atoms with Crippen molar-refractivity contribution in [2.24, 2.45) is 0 Å². The standard InChI is InChI=1S/C46H29NO2/c1-2-12-36(13-3-1)47(37-21-18-30-10-4-5-11-31(30)25-37)38-26-34(32-19-22-41-39-14-6-8-16-43(39)48-45(41)28-32)24-35(27-38)33-20-23-42-40-15-7-9-17-44(40)49-46(42)29-33/h1-29H. The van der Waals surface area contributed by atoms with E-state index in [4.69, 9.17) is 8.83 Å². The lowest BCUT2D eigenvalue weighted by atomic mass is 9.96. The van der Waals surface area contributed by atoms with Gasteiger partial charge >= 0.3 is 0 Å². The molecule has 3 heteroatoms. The van der Waals surface area contributed by atoms with Crippen LogP contribution in [0.15, 0.2) is 185 Å². The first-order valence-electron chi connectivity index (χ1n) is 16.6. The van der Waals surface area contributed by atoms with Gasteiger partial charge in [-0.05, 0) is 112 Å². The number of furan rings is 2.